The topological polar surface area (TPSA) is 35.5 Å². The summed E-state index contributed by atoms with van der Waals surface area (Å²) in [5.74, 6) is 0.529. The molecule has 0 spiro atoms. The molecular formula is C12H15BrO3. The highest BCUT2D eigenvalue weighted by molar-refractivity contribution is 9.09. The molecule has 1 rings (SSSR count). The summed E-state index contributed by atoms with van der Waals surface area (Å²) in [7, 11) is 0. The van der Waals surface area contributed by atoms with Crippen LogP contribution in [0.3, 0.4) is 0 Å². The molecule has 16 heavy (non-hydrogen) atoms. The van der Waals surface area contributed by atoms with E-state index in [0.29, 0.717) is 13.2 Å². The number of benzene rings is 1. The predicted molar refractivity (Wildman–Crippen MR) is 65.9 cm³/mol. The maximum atomic E-state index is 11.5. The van der Waals surface area contributed by atoms with Crippen molar-refractivity contribution in [3.63, 3.8) is 0 Å². The van der Waals surface area contributed by atoms with Crippen molar-refractivity contribution in [1.29, 1.82) is 0 Å². The van der Waals surface area contributed by atoms with E-state index in [1.165, 1.54) is 0 Å². The number of ether oxygens (including phenoxy) is 2. The second kappa shape index (κ2) is 6.53. The fourth-order valence-electron chi connectivity index (χ4n) is 1.25. The normalized spacial score (nSPS) is 11.9. The average molecular weight is 287 g/mol. The number of hydrogen-bond acceptors (Lipinski definition) is 3. The van der Waals surface area contributed by atoms with Crippen molar-refractivity contribution >= 4 is 21.9 Å². The van der Waals surface area contributed by atoms with E-state index in [-0.39, 0.29) is 5.97 Å². The second-order valence-corrected chi connectivity index (χ2v) is 4.03. The van der Waals surface area contributed by atoms with Gasteiger partial charge in [-0.15, -0.1) is 0 Å². The number of esters is 1. The maximum Gasteiger partial charge on any atom is 0.324 e. The minimum absolute atomic E-state index is 0.272. The number of alkyl halides is 1. The van der Waals surface area contributed by atoms with Crippen LogP contribution in [0.15, 0.2) is 24.3 Å². The van der Waals surface area contributed by atoms with Crippen LogP contribution in [-0.4, -0.2) is 19.2 Å². The molecule has 88 valence electrons. The van der Waals surface area contributed by atoms with E-state index < -0.39 is 4.83 Å². The molecule has 1 unspecified atom stereocenters. The van der Waals surface area contributed by atoms with Gasteiger partial charge in [0.25, 0.3) is 0 Å². The van der Waals surface area contributed by atoms with Crippen LogP contribution in [0.5, 0.6) is 5.75 Å². The first-order valence-electron chi connectivity index (χ1n) is 5.22. The first-order valence-corrected chi connectivity index (χ1v) is 6.14. The Hall–Kier alpha value is -1.03. The molecule has 0 amide bonds. The van der Waals surface area contributed by atoms with Crippen LogP contribution in [0.4, 0.5) is 0 Å². The van der Waals surface area contributed by atoms with Crippen molar-refractivity contribution in [3.05, 3.63) is 29.8 Å². The van der Waals surface area contributed by atoms with E-state index in [9.17, 15) is 4.79 Å². The summed E-state index contributed by atoms with van der Waals surface area (Å²) in [5.41, 5.74) is 0.863. The Bertz CT molecular complexity index is 335. The highest BCUT2D eigenvalue weighted by Gasteiger charge is 2.17. The molecule has 0 heterocycles. The summed E-state index contributed by atoms with van der Waals surface area (Å²) in [6.45, 7) is 4.74. The van der Waals surface area contributed by atoms with Gasteiger partial charge in [-0.1, -0.05) is 28.1 Å². The zero-order valence-electron chi connectivity index (χ0n) is 9.40. The molecule has 0 aromatic heterocycles. The molecule has 1 atom stereocenters. The van der Waals surface area contributed by atoms with Crippen molar-refractivity contribution in [2.45, 2.75) is 18.7 Å². The Balaban J connectivity index is 2.69. The fourth-order valence-corrected chi connectivity index (χ4v) is 1.69. The van der Waals surface area contributed by atoms with Gasteiger partial charge in [-0.2, -0.15) is 0 Å². The Morgan fingerprint density at radius 1 is 1.25 bits per heavy atom. The van der Waals surface area contributed by atoms with Crippen LogP contribution in [0.25, 0.3) is 0 Å². The predicted octanol–water partition coefficient (Wildman–Crippen LogP) is 3.08. The van der Waals surface area contributed by atoms with Crippen LogP contribution < -0.4 is 4.74 Å². The van der Waals surface area contributed by atoms with Crippen LogP contribution >= 0.6 is 15.9 Å². The van der Waals surface area contributed by atoms with Crippen molar-refractivity contribution in [2.24, 2.45) is 0 Å². The Labute approximate surface area is 104 Å². The molecular weight excluding hydrogens is 272 g/mol. The van der Waals surface area contributed by atoms with Gasteiger partial charge in [0.1, 0.15) is 10.6 Å². The molecule has 0 bridgehead atoms. The van der Waals surface area contributed by atoms with E-state index in [1.807, 2.05) is 31.2 Å². The third kappa shape index (κ3) is 3.52. The van der Waals surface area contributed by atoms with Crippen molar-refractivity contribution < 1.29 is 14.3 Å². The SMILES string of the molecule is CCOC(=O)C(Br)c1ccc(OCC)cc1. The van der Waals surface area contributed by atoms with Gasteiger partial charge in [-0.25, -0.2) is 0 Å². The van der Waals surface area contributed by atoms with Gasteiger partial charge in [0.05, 0.1) is 13.2 Å². The number of carbonyl (C=O) groups is 1. The van der Waals surface area contributed by atoms with Gasteiger partial charge < -0.3 is 9.47 Å². The van der Waals surface area contributed by atoms with Gasteiger partial charge in [0, 0.05) is 0 Å². The average Bonchev–Trinajstić information content (AvgIpc) is 2.30. The number of halogens is 1. The van der Waals surface area contributed by atoms with Crippen LogP contribution in [0, 0.1) is 0 Å². The zero-order chi connectivity index (χ0) is 12.0. The number of rotatable bonds is 5. The third-order valence-corrected chi connectivity index (χ3v) is 2.88. The van der Waals surface area contributed by atoms with Crippen molar-refractivity contribution in [1.82, 2.24) is 0 Å². The van der Waals surface area contributed by atoms with Crippen molar-refractivity contribution in [2.75, 3.05) is 13.2 Å². The Morgan fingerprint density at radius 2 is 1.88 bits per heavy atom. The number of hydrogen-bond donors (Lipinski definition) is 0. The maximum absolute atomic E-state index is 11.5. The molecule has 0 N–H and O–H groups in total. The lowest BCUT2D eigenvalue weighted by molar-refractivity contribution is -0.142. The number of carbonyl (C=O) groups excluding carboxylic acids is 1. The minimum Gasteiger partial charge on any atom is -0.494 e. The summed E-state index contributed by atoms with van der Waals surface area (Å²) in [5, 5.41) is 0. The van der Waals surface area contributed by atoms with Gasteiger partial charge >= 0.3 is 5.97 Å². The first-order chi connectivity index (χ1) is 7.69. The van der Waals surface area contributed by atoms with Gasteiger partial charge in [-0.05, 0) is 31.5 Å². The Kier molecular flexibility index (Phi) is 5.32. The van der Waals surface area contributed by atoms with Crippen LogP contribution in [0.2, 0.25) is 0 Å². The van der Waals surface area contributed by atoms with Crippen LogP contribution in [-0.2, 0) is 9.53 Å². The third-order valence-electron chi connectivity index (χ3n) is 1.98. The lowest BCUT2D eigenvalue weighted by Gasteiger charge is -2.10. The van der Waals surface area contributed by atoms with Gasteiger partial charge in [0.15, 0.2) is 0 Å². The van der Waals surface area contributed by atoms with E-state index in [2.05, 4.69) is 15.9 Å². The quantitative estimate of drug-likeness (QED) is 0.616. The molecule has 0 aliphatic rings. The molecule has 0 aliphatic carbocycles. The molecule has 0 saturated carbocycles. The van der Waals surface area contributed by atoms with Gasteiger partial charge in [0.2, 0.25) is 0 Å². The van der Waals surface area contributed by atoms with Crippen LogP contribution in [0.1, 0.15) is 24.2 Å². The highest BCUT2D eigenvalue weighted by atomic mass is 79.9. The zero-order valence-corrected chi connectivity index (χ0v) is 11.0. The highest BCUT2D eigenvalue weighted by Crippen LogP contribution is 2.26. The smallest absolute Gasteiger partial charge is 0.324 e. The van der Waals surface area contributed by atoms with Gasteiger partial charge in [-0.3, -0.25) is 4.79 Å². The second-order valence-electron chi connectivity index (χ2n) is 3.12. The monoisotopic (exact) mass is 286 g/mol. The van der Waals surface area contributed by atoms with E-state index >= 15 is 0 Å². The summed E-state index contributed by atoms with van der Waals surface area (Å²) in [6, 6.07) is 7.38. The van der Waals surface area contributed by atoms with Crippen molar-refractivity contribution in [3.8, 4) is 5.75 Å². The molecule has 0 saturated heterocycles. The first kappa shape index (κ1) is 13.0. The molecule has 3 nitrogen and oxygen atoms in total. The van der Waals surface area contributed by atoms with E-state index in [1.54, 1.807) is 6.92 Å². The molecule has 0 aliphatic heterocycles. The molecule has 4 heteroatoms. The summed E-state index contributed by atoms with van der Waals surface area (Å²) < 4.78 is 10.2. The largest absolute Gasteiger partial charge is 0.494 e. The molecule has 0 fully saturated rings. The Morgan fingerprint density at radius 3 is 2.38 bits per heavy atom. The minimum atomic E-state index is -0.414. The molecule has 1 aromatic carbocycles. The van der Waals surface area contributed by atoms with E-state index in [4.69, 9.17) is 9.47 Å². The summed E-state index contributed by atoms with van der Waals surface area (Å²) >= 11 is 3.30. The fraction of sp³-hybridized carbons (Fsp3) is 0.417. The van der Waals surface area contributed by atoms with E-state index in [0.717, 1.165) is 11.3 Å². The summed E-state index contributed by atoms with van der Waals surface area (Å²) in [4.78, 5) is 11.0. The standard InChI is InChI=1S/C12H15BrO3/c1-3-15-10-7-5-9(6-8-10)11(13)12(14)16-4-2/h5-8,11H,3-4H2,1-2H3. The molecule has 1 aromatic rings. The lowest BCUT2D eigenvalue weighted by Crippen LogP contribution is -2.10. The molecule has 0 radical (unpaired) electrons. The lowest BCUT2D eigenvalue weighted by atomic mass is 10.1. The summed E-state index contributed by atoms with van der Waals surface area (Å²) in [6.07, 6.45) is 0.